The van der Waals surface area contributed by atoms with Crippen LogP contribution in [0.1, 0.15) is 38.3 Å². The Labute approximate surface area is 103 Å². The van der Waals surface area contributed by atoms with Crippen LogP contribution in [0.25, 0.3) is 0 Å². The van der Waals surface area contributed by atoms with Crippen molar-refractivity contribution in [3.8, 4) is 0 Å². The molecule has 0 aliphatic rings. The molecule has 1 unspecified atom stereocenters. The Kier molecular flexibility index (Phi) is 5.01. The molecule has 0 spiro atoms. The fourth-order valence-electron chi connectivity index (χ4n) is 2.03. The van der Waals surface area contributed by atoms with Gasteiger partial charge >= 0.3 is 0 Å². The summed E-state index contributed by atoms with van der Waals surface area (Å²) in [6.07, 6.45) is 2.33. The molecule has 1 amide bonds. The van der Waals surface area contributed by atoms with Gasteiger partial charge in [-0.25, -0.2) is 0 Å². The monoisotopic (exact) mass is 234 g/mol. The third-order valence-electron chi connectivity index (χ3n) is 2.90. The van der Waals surface area contributed by atoms with Crippen LogP contribution >= 0.6 is 0 Å². The van der Waals surface area contributed by atoms with Gasteiger partial charge in [-0.1, -0.05) is 32.0 Å². The number of benzene rings is 1. The molecular formula is C14H22N2O. The van der Waals surface area contributed by atoms with E-state index in [-0.39, 0.29) is 11.9 Å². The van der Waals surface area contributed by atoms with Gasteiger partial charge in [-0.05, 0) is 30.9 Å². The molecule has 0 radical (unpaired) electrons. The highest BCUT2D eigenvalue weighted by Crippen LogP contribution is 2.23. The number of anilines is 1. The predicted octanol–water partition coefficient (Wildman–Crippen LogP) is 2.49. The quantitative estimate of drug-likeness (QED) is 0.794. The molecule has 0 aliphatic heterocycles. The van der Waals surface area contributed by atoms with Crippen LogP contribution in [-0.4, -0.2) is 11.9 Å². The molecule has 3 heteroatoms. The average Bonchev–Trinajstić information content (AvgIpc) is 2.28. The lowest BCUT2D eigenvalue weighted by Crippen LogP contribution is -2.25. The number of amides is 1. The highest BCUT2D eigenvalue weighted by Gasteiger charge is 2.10. The van der Waals surface area contributed by atoms with Crippen LogP contribution in [0.5, 0.6) is 0 Å². The van der Waals surface area contributed by atoms with E-state index in [2.05, 4.69) is 37.4 Å². The summed E-state index contributed by atoms with van der Waals surface area (Å²) in [5.41, 5.74) is 8.97. The molecule has 17 heavy (non-hydrogen) atoms. The van der Waals surface area contributed by atoms with E-state index in [1.54, 1.807) is 0 Å². The molecule has 1 aromatic carbocycles. The SMILES string of the molecule is CCc1cccc(CC)c1NC(C)CC(N)=O. The lowest BCUT2D eigenvalue weighted by molar-refractivity contribution is -0.118. The van der Waals surface area contributed by atoms with Gasteiger partial charge in [0.1, 0.15) is 0 Å². The lowest BCUT2D eigenvalue weighted by atomic mass is 10.0. The molecule has 0 aliphatic carbocycles. The second-order valence-corrected chi connectivity index (χ2v) is 4.37. The van der Waals surface area contributed by atoms with Gasteiger partial charge in [0.05, 0.1) is 0 Å². The van der Waals surface area contributed by atoms with Crippen LogP contribution in [0.2, 0.25) is 0 Å². The van der Waals surface area contributed by atoms with Gasteiger partial charge in [-0.15, -0.1) is 0 Å². The topological polar surface area (TPSA) is 55.1 Å². The number of para-hydroxylation sites is 1. The van der Waals surface area contributed by atoms with Gasteiger partial charge in [0.25, 0.3) is 0 Å². The lowest BCUT2D eigenvalue weighted by Gasteiger charge is -2.19. The molecule has 0 bridgehead atoms. The summed E-state index contributed by atoms with van der Waals surface area (Å²) >= 11 is 0. The first-order valence-electron chi connectivity index (χ1n) is 6.24. The molecule has 1 rings (SSSR count). The van der Waals surface area contributed by atoms with Crippen molar-refractivity contribution < 1.29 is 4.79 Å². The Morgan fingerprint density at radius 2 is 1.82 bits per heavy atom. The van der Waals surface area contributed by atoms with Crippen LogP contribution in [0.4, 0.5) is 5.69 Å². The number of nitrogens with one attached hydrogen (secondary N) is 1. The van der Waals surface area contributed by atoms with E-state index >= 15 is 0 Å². The summed E-state index contributed by atoms with van der Waals surface area (Å²) in [4.78, 5) is 10.9. The molecule has 0 saturated carbocycles. The van der Waals surface area contributed by atoms with Crippen LogP contribution in [-0.2, 0) is 17.6 Å². The number of aryl methyl sites for hydroxylation is 2. The summed E-state index contributed by atoms with van der Waals surface area (Å²) in [7, 11) is 0. The van der Waals surface area contributed by atoms with Gasteiger partial charge in [0.2, 0.25) is 5.91 Å². The van der Waals surface area contributed by atoms with Crippen molar-refractivity contribution >= 4 is 11.6 Å². The Hall–Kier alpha value is -1.51. The summed E-state index contributed by atoms with van der Waals surface area (Å²) in [6.45, 7) is 6.26. The maximum absolute atomic E-state index is 10.9. The third kappa shape index (κ3) is 3.77. The molecule has 94 valence electrons. The molecular weight excluding hydrogens is 212 g/mol. The van der Waals surface area contributed by atoms with Gasteiger partial charge in [0, 0.05) is 18.2 Å². The Morgan fingerprint density at radius 1 is 1.29 bits per heavy atom. The number of carbonyl (C=O) groups is 1. The van der Waals surface area contributed by atoms with Crippen LogP contribution in [0.3, 0.4) is 0 Å². The predicted molar refractivity (Wildman–Crippen MR) is 72.1 cm³/mol. The van der Waals surface area contributed by atoms with E-state index < -0.39 is 0 Å². The zero-order valence-electron chi connectivity index (χ0n) is 10.9. The van der Waals surface area contributed by atoms with E-state index in [1.807, 2.05) is 6.92 Å². The van der Waals surface area contributed by atoms with E-state index in [4.69, 9.17) is 5.73 Å². The van der Waals surface area contributed by atoms with E-state index in [1.165, 1.54) is 16.8 Å². The standard InChI is InChI=1S/C14H22N2O/c1-4-11-7-6-8-12(5-2)14(11)16-10(3)9-13(15)17/h6-8,10,16H,4-5,9H2,1-3H3,(H2,15,17). The normalized spacial score (nSPS) is 12.2. The maximum atomic E-state index is 10.9. The fourth-order valence-corrected chi connectivity index (χ4v) is 2.03. The van der Waals surface area contributed by atoms with Crippen LogP contribution < -0.4 is 11.1 Å². The van der Waals surface area contributed by atoms with E-state index in [0.29, 0.717) is 6.42 Å². The van der Waals surface area contributed by atoms with Crippen molar-refractivity contribution in [3.63, 3.8) is 0 Å². The second kappa shape index (κ2) is 6.28. The number of hydrogen-bond acceptors (Lipinski definition) is 2. The van der Waals surface area contributed by atoms with Gasteiger partial charge in [0.15, 0.2) is 0 Å². The molecule has 1 aromatic rings. The fraction of sp³-hybridized carbons (Fsp3) is 0.500. The summed E-state index contributed by atoms with van der Waals surface area (Å²) in [5, 5.41) is 3.41. The zero-order chi connectivity index (χ0) is 12.8. The van der Waals surface area contributed by atoms with Gasteiger partial charge in [-0.2, -0.15) is 0 Å². The van der Waals surface area contributed by atoms with Crippen molar-refractivity contribution in [2.45, 2.75) is 46.1 Å². The second-order valence-electron chi connectivity index (χ2n) is 4.37. The Bertz CT molecular complexity index is 366. The Balaban J connectivity index is 2.90. The number of rotatable bonds is 6. The third-order valence-corrected chi connectivity index (χ3v) is 2.90. The van der Waals surface area contributed by atoms with Crippen molar-refractivity contribution in [1.82, 2.24) is 0 Å². The van der Waals surface area contributed by atoms with Crippen molar-refractivity contribution in [2.75, 3.05) is 5.32 Å². The summed E-state index contributed by atoms with van der Waals surface area (Å²) in [6, 6.07) is 6.41. The minimum Gasteiger partial charge on any atom is -0.382 e. The largest absolute Gasteiger partial charge is 0.382 e. The molecule has 3 nitrogen and oxygen atoms in total. The van der Waals surface area contributed by atoms with E-state index in [9.17, 15) is 4.79 Å². The summed E-state index contributed by atoms with van der Waals surface area (Å²) in [5.74, 6) is -0.267. The minimum absolute atomic E-state index is 0.0745. The number of hydrogen-bond donors (Lipinski definition) is 2. The zero-order valence-corrected chi connectivity index (χ0v) is 10.9. The van der Waals surface area contributed by atoms with E-state index in [0.717, 1.165) is 12.8 Å². The van der Waals surface area contributed by atoms with Crippen LogP contribution in [0.15, 0.2) is 18.2 Å². The molecule has 0 heterocycles. The van der Waals surface area contributed by atoms with Gasteiger partial charge in [-0.3, -0.25) is 4.79 Å². The van der Waals surface area contributed by atoms with Crippen molar-refractivity contribution in [2.24, 2.45) is 5.73 Å². The van der Waals surface area contributed by atoms with Crippen LogP contribution in [0, 0.1) is 0 Å². The van der Waals surface area contributed by atoms with Crippen molar-refractivity contribution in [1.29, 1.82) is 0 Å². The number of primary amides is 1. The number of carbonyl (C=O) groups excluding carboxylic acids is 1. The molecule has 0 saturated heterocycles. The first-order valence-corrected chi connectivity index (χ1v) is 6.24. The smallest absolute Gasteiger partial charge is 0.219 e. The van der Waals surface area contributed by atoms with Crippen molar-refractivity contribution in [3.05, 3.63) is 29.3 Å². The molecule has 3 N–H and O–H groups in total. The molecule has 0 fully saturated rings. The summed E-state index contributed by atoms with van der Waals surface area (Å²) < 4.78 is 0. The first kappa shape index (κ1) is 13.6. The first-order chi connectivity index (χ1) is 8.08. The minimum atomic E-state index is -0.267. The highest BCUT2D eigenvalue weighted by atomic mass is 16.1. The molecule has 1 atom stereocenters. The maximum Gasteiger partial charge on any atom is 0.219 e. The number of nitrogens with two attached hydrogens (primary N) is 1. The Morgan fingerprint density at radius 3 is 2.24 bits per heavy atom. The average molecular weight is 234 g/mol. The molecule has 0 aromatic heterocycles. The highest BCUT2D eigenvalue weighted by molar-refractivity contribution is 5.75. The van der Waals surface area contributed by atoms with Gasteiger partial charge < -0.3 is 11.1 Å².